The van der Waals surface area contributed by atoms with Crippen molar-refractivity contribution in [1.29, 1.82) is 0 Å². The molecule has 1 aliphatic heterocycles. The number of nitrogens with one attached hydrogen (secondary N) is 3. The number of pyridine rings is 1. The largest absolute Gasteiger partial charge is 0.446 e. The SMILES string of the molecule is O=C(NCCNc1ccc([N+](=O)[O-])cn1)c1coc(C2CCCN2)n1. The molecule has 1 fully saturated rings. The molecule has 1 saturated heterocycles. The Hall–Kier alpha value is -3.01. The van der Waals surface area contributed by atoms with Crippen LogP contribution in [0.5, 0.6) is 0 Å². The summed E-state index contributed by atoms with van der Waals surface area (Å²) in [6, 6.07) is 2.96. The van der Waals surface area contributed by atoms with Crippen molar-refractivity contribution >= 4 is 17.4 Å². The molecular weight excluding hydrogens is 328 g/mol. The molecule has 0 radical (unpaired) electrons. The van der Waals surface area contributed by atoms with Gasteiger partial charge in [0.1, 0.15) is 18.3 Å². The molecule has 0 spiro atoms. The van der Waals surface area contributed by atoms with Gasteiger partial charge in [-0.2, -0.15) is 0 Å². The summed E-state index contributed by atoms with van der Waals surface area (Å²) >= 11 is 0. The molecule has 1 unspecified atom stereocenters. The Labute approximate surface area is 143 Å². The third kappa shape index (κ3) is 4.29. The highest BCUT2D eigenvalue weighted by atomic mass is 16.6. The summed E-state index contributed by atoms with van der Waals surface area (Å²) in [5.74, 6) is 0.721. The zero-order valence-electron chi connectivity index (χ0n) is 13.4. The highest BCUT2D eigenvalue weighted by molar-refractivity contribution is 5.91. The first-order valence-corrected chi connectivity index (χ1v) is 7.95. The molecule has 132 valence electrons. The van der Waals surface area contributed by atoms with Crippen LogP contribution in [0.25, 0.3) is 0 Å². The standard InChI is InChI=1S/C15H18N6O4/c22-14(12-9-25-15(20-12)11-2-1-5-16-11)18-7-6-17-13-4-3-10(8-19-13)21(23)24/h3-4,8-9,11,16H,1-2,5-7H2,(H,17,19)(H,18,22). The molecule has 1 aliphatic rings. The Kier molecular flexibility index (Phi) is 5.19. The average molecular weight is 346 g/mol. The van der Waals surface area contributed by atoms with Crippen molar-refractivity contribution in [3.8, 4) is 0 Å². The number of amides is 1. The highest BCUT2D eigenvalue weighted by Crippen LogP contribution is 2.22. The number of hydrogen-bond donors (Lipinski definition) is 3. The normalized spacial score (nSPS) is 16.6. The summed E-state index contributed by atoms with van der Waals surface area (Å²) in [5, 5.41) is 19.5. The zero-order chi connectivity index (χ0) is 17.6. The van der Waals surface area contributed by atoms with E-state index < -0.39 is 4.92 Å². The van der Waals surface area contributed by atoms with Crippen LogP contribution in [0.15, 0.2) is 29.0 Å². The van der Waals surface area contributed by atoms with Crippen molar-refractivity contribution < 1.29 is 14.1 Å². The van der Waals surface area contributed by atoms with E-state index in [0.717, 1.165) is 19.4 Å². The quantitative estimate of drug-likeness (QED) is 0.387. The topological polar surface area (TPSA) is 135 Å². The average Bonchev–Trinajstić information content (AvgIpc) is 3.29. The van der Waals surface area contributed by atoms with E-state index in [1.807, 2.05) is 0 Å². The zero-order valence-corrected chi connectivity index (χ0v) is 13.4. The molecule has 3 rings (SSSR count). The first kappa shape index (κ1) is 16.8. The number of oxazole rings is 1. The lowest BCUT2D eigenvalue weighted by molar-refractivity contribution is -0.385. The molecule has 0 saturated carbocycles. The molecule has 0 aromatic carbocycles. The lowest BCUT2D eigenvalue weighted by Gasteiger charge is -2.06. The van der Waals surface area contributed by atoms with Gasteiger partial charge in [0, 0.05) is 19.2 Å². The smallest absolute Gasteiger partial charge is 0.287 e. The Balaban J connectivity index is 1.42. The van der Waals surface area contributed by atoms with Crippen LogP contribution in [0.3, 0.4) is 0 Å². The van der Waals surface area contributed by atoms with E-state index in [4.69, 9.17) is 4.42 Å². The minimum atomic E-state index is -0.510. The Morgan fingerprint density at radius 3 is 3.00 bits per heavy atom. The summed E-state index contributed by atoms with van der Waals surface area (Å²) < 4.78 is 5.36. The fraction of sp³-hybridized carbons (Fsp3) is 0.400. The van der Waals surface area contributed by atoms with Crippen LogP contribution in [-0.4, -0.2) is 40.4 Å². The monoisotopic (exact) mass is 346 g/mol. The van der Waals surface area contributed by atoms with Gasteiger partial charge in [-0.15, -0.1) is 0 Å². The van der Waals surface area contributed by atoms with Gasteiger partial charge in [0.25, 0.3) is 11.6 Å². The molecule has 10 nitrogen and oxygen atoms in total. The van der Waals surface area contributed by atoms with Gasteiger partial charge in [-0.25, -0.2) is 9.97 Å². The Bertz CT molecular complexity index is 739. The number of anilines is 1. The van der Waals surface area contributed by atoms with Crippen molar-refractivity contribution in [3.63, 3.8) is 0 Å². The number of hydrogen-bond acceptors (Lipinski definition) is 8. The van der Waals surface area contributed by atoms with E-state index in [1.165, 1.54) is 24.6 Å². The molecule has 0 aliphatic carbocycles. The second kappa shape index (κ2) is 7.71. The predicted molar refractivity (Wildman–Crippen MR) is 88.2 cm³/mol. The fourth-order valence-electron chi connectivity index (χ4n) is 2.50. The van der Waals surface area contributed by atoms with Crippen LogP contribution in [0, 0.1) is 10.1 Å². The lowest BCUT2D eigenvalue weighted by Crippen LogP contribution is -2.29. The first-order chi connectivity index (χ1) is 12.1. The summed E-state index contributed by atoms with van der Waals surface area (Å²) in [4.78, 5) is 30.2. The van der Waals surface area contributed by atoms with E-state index in [2.05, 4.69) is 25.9 Å². The van der Waals surface area contributed by atoms with Crippen molar-refractivity contribution in [2.75, 3.05) is 25.0 Å². The molecule has 2 aromatic heterocycles. The molecule has 1 atom stereocenters. The second-order valence-electron chi connectivity index (χ2n) is 5.56. The molecule has 2 aromatic rings. The molecule has 10 heteroatoms. The van der Waals surface area contributed by atoms with Gasteiger partial charge in [-0.05, 0) is 25.5 Å². The maximum Gasteiger partial charge on any atom is 0.287 e. The number of aromatic nitrogens is 2. The molecule has 3 N–H and O–H groups in total. The van der Waals surface area contributed by atoms with Gasteiger partial charge < -0.3 is 20.4 Å². The van der Waals surface area contributed by atoms with E-state index in [-0.39, 0.29) is 23.3 Å². The van der Waals surface area contributed by atoms with E-state index in [0.29, 0.717) is 24.8 Å². The Morgan fingerprint density at radius 2 is 2.32 bits per heavy atom. The van der Waals surface area contributed by atoms with Crippen molar-refractivity contribution in [3.05, 3.63) is 46.3 Å². The van der Waals surface area contributed by atoms with Crippen molar-refractivity contribution in [2.45, 2.75) is 18.9 Å². The summed E-state index contributed by atoms with van der Waals surface area (Å²) in [7, 11) is 0. The van der Waals surface area contributed by atoms with Crippen LogP contribution in [0.1, 0.15) is 35.3 Å². The summed E-state index contributed by atoms with van der Waals surface area (Å²) in [6.45, 7) is 1.70. The third-order valence-corrected chi connectivity index (χ3v) is 3.79. The fourth-order valence-corrected chi connectivity index (χ4v) is 2.50. The van der Waals surface area contributed by atoms with E-state index in [9.17, 15) is 14.9 Å². The maximum atomic E-state index is 12.0. The summed E-state index contributed by atoms with van der Waals surface area (Å²) in [6.07, 6.45) is 4.55. The van der Waals surface area contributed by atoms with Crippen LogP contribution in [0.2, 0.25) is 0 Å². The van der Waals surface area contributed by atoms with Gasteiger partial charge in [0.2, 0.25) is 5.89 Å². The molecular formula is C15H18N6O4. The molecule has 25 heavy (non-hydrogen) atoms. The highest BCUT2D eigenvalue weighted by Gasteiger charge is 2.22. The minimum Gasteiger partial charge on any atom is -0.446 e. The third-order valence-electron chi connectivity index (χ3n) is 3.79. The predicted octanol–water partition coefficient (Wildman–Crippen LogP) is 1.24. The number of nitrogens with zero attached hydrogens (tertiary/aromatic N) is 3. The molecule has 1 amide bonds. The van der Waals surface area contributed by atoms with E-state index >= 15 is 0 Å². The van der Waals surface area contributed by atoms with Gasteiger partial charge in [-0.3, -0.25) is 14.9 Å². The maximum absolute atomic E-state index is 12.0. The van der Waals surface area contributed by atoms with Crippen LogP contribution < -0.4 is 16.0 Å². The second-order valence-corrected chi connectivity index (χ2v) is 5.56. The van der Waals surface area contributed by atoms with Crippen LogP contribution in [0.4, 0.5) is 11.5 Å². The van der Waals surface area contributed by atoms with Gasteiger partial charge in [-0.1, -0.05) is 0 Å². The molecule has 0 bridgehead atoms. The van der Waals surface area contributed by atoms with Gasteiger partial charge in [0.15, 0.2) is 5.69 Å². The number of rotatable bonds is 7. The summed E-state index contributed by atoms with van der Waals surface area (Å²) in [5.41, 5.74) is 0.176. The number of nitro groups is 1. The molecule has 3 heterocycles. The van der Waals surface area contributed by atoms with Gasteiger partial charge in [0.05, 0.1) is 11.0 Å². The van der Waals surface area contributed by atoms with Crippen LogP contribution in [-0.2, 0) is 0 Å². The van der Waals surface area contributed by atoms with Gasteiger partial charge >= 0.3 is 0 Å². The number of carbonyl (C=O) groups is 1. The van der Waals surface area contributed by atoms with E-state index in [1.54, 1.807) is 0 Å². The minimum absolute atomic E-state index is 0.0718. The number of carbonyl (C=O) groups excluding carboxylic acids is 1. The van der Waals surface area contributed by atoms with Crippen molar-refractivity contribution in [2.24, 2.45) is 0 Å². The Morgan fingerprint density at radius 1 is 1.44 bits per heavy atom. The van der Waals surface area contributed by atoms with Crippen LogP contribution >= 0.6 is 0 Å². The lowest BCUT2D eigenvalue weighted by atomic mass is 10.2. The van der Waals surface area contributed by atoms with Crippen molar-refractivity contribution in [1.82, 2.24) is 20.6 Å². The first-order valence-electron chi connectivity index (χ1n) is 7.95.